The van der Waals surface area contributed by atoms with E-state index >= 15 is 0 Å². The van der Waals surface area contributed by atoms with Gasteiger partial charge in [0, 0.05) is 13.1 Å². The number of ether oxygens (including phenoxy) is 1. The number of carbonyl (C=O) groups excluding carboxylic acids is 2. The topological polar surface area (TPSA) is 58.6 Å². The van der Waals surface area contributed by atoms with E-state index in [4.69, 9.17) is 16.3 Å². The van der Waals surface area contributed by atoms with Crippen LogP contribution in [0.5, 0.6) is 0 Å². The van der Waals surface area contributed by atoms with Crippen molar-refractivity contribution in [3.63, 3.8) is 0 Å². The quantitative estimate of drug-likeness (QED) is 0.840. The summed E-state index contributed by atoms with van der Waals surface area (Å²) >= 11 is 7.55. The summed E-state index contributed by atoms with van der Waals surface area (Å²) in [5, 5.41) is 3.50. The second-order valence-electron chi connectivity index (χ2n) is 5.41. The number of nitrogens with one attached hydrogen (secondary N) is 1. The molecule has 0 spiro atoms. The Labute approximate surface area is 149 Å². The number of halogens is 1. The number of hydrogen-bond donors (Lipinski definition) is 1. The Bertz CT molecular complexity index is 769. The molecular weight excluding hydrogens is 348 g/mol. The van der Waals surface area contributed by atoms with Crippen molar-refractivity contribution in [3.8, 4) is 0 Å². The molecule has 0 aliphatic carbocycles. The minimum Gasteiger partial charge on any atom is -0.378 e. The van der Waals surface area contributed by atoms with Crippen LogP contribution in [0.4, 0.5) is 11.4 Å². The third-order valence-electron chi connectivity index (χ3n) is 3.74. The van der Waals surface area contributed by atoms with Crippen LogP contribution in [-0.2, 0) is 4.74 Å². The molecule has 1 fully saturated rings. The van der Waals surface area contributed by atoms with Crippen LogP contribution in [-0.4, -0.2) is 38.0 Å². The Hall–Kier alpha value is -1.89. The molecule has 2 aromatic rings. The monoisotopic (exact) mass is 364 g/mol. The maximum Gasteiger partial charge on any atom is 0.265 e. The van der Waals surface area contributed by atoms with Crippen molar-refractivity contribution < 1.29 is 14.3 Å². The Morgan fingerprint density at radius 2 is 1.88 bits per heavy atom. The molecule has 7 heteroatoms. The van der Waals surface area contributed by atoms with E-state index in [1.165, 1.54) is 18.3 Å². The number of morpholine rings is 1. The van der Waals surface area contributed by atoms with Gasteiger partial charge in [-0.2, -0.15) is 0 Å². The van der Waals surface area contributed by atoms with Crippen LogP contribution in [0.2, 0.25) is 5.02 Å². The molecule has 0 radical (unpaired) electrons. The zero-order valence-corrected chi connectivity index (χ0v) is 14.7. The molecule has 5 nitrogen and oxygen atoms in total. The van der Waals surface area contributed by atoms with Gasteiger partial charge in [-0.25, -0.2) is 0 Å². The van der Waals surface area contributed by atoms with Crippen LogP contribution in [0.25, 0.3) is 0 Å². The van der Waals surface area contributed by atoms with Crippen molar-refractivity contribution in [1.29, 1.82) is 0 Å². The third-order valence-corrected chi connectivity index (χ3v) is 5.23. The summed E-state index contributed by atoms with van der Waals surface area (Å²) in [6, 6.07) is 8.77. The first-order valence-corrected chi connectivity index (χ1v) is 8.79. The number of Topliss-reactive ketones (excluding diaryl/α,β-unsaturated/α-hetero) is 1. The maximum atomic E-state index is 12.5. The molecule has 1 amide bonds. The first kappa shape index (κ1) is 17.0. The molecule has 0 saturated carbocycles. The second kappa shape index (κ2) is 7.34. The van der Waals surface area contributed by atoms with E-state index in [-0.39, 0.29) is 11.7 Å². The van der Waals surface area contributed by atoms with Crippen molar-refractivity contribution in [2.24, 2.45) is 0 Å². The minimum atomic E-state index is -0.246. The number of amides is 1. The highest BCUT2D eigenvalue weighted by molar-refractivity contribution is 7.16. The molecule has 0 bridgehead atoms. The molecule has 0 atom stereocenters. The summed E-state index contributed by atoms with van der Waals surface area (Å²) in [4.78, 5) is 27.1. The highest BCUT2D eigenvalue weighted by Gasteiger charge is 2.20. The van der Waals surface area contributed by atoms with E-state index in [9.17, 15) is 9.59 Å². The van der Waals surface area contributed by atoms with E-state index in [1.54, 1.807) is 24.3 Å². The van der Waals surface area contributed by atoms with Crippen molar-refractivity contribution in [2.75, 3.05) is 36.5 Å². The van der Waals surface area contributed by atoms with Gasteiger partial charge in [0.25, 0.3) is 5.91 Å². The fourth-order valence-corrected chi connectivity index (χ4v) is 3.65. The van der Waals surface area contributed by atoms with Gasteiger partial charge in [-0.05, 0) is 31.2 Å². The summed E-state index contributed by atoms with van der Waals surface area (Å²) in [5.74, 6) is -0.292. The van der Waals surface area contributed by atoms with Crippen molar-refractivity contribution >= 4 is 46.0 Å². The van der Waals surface area contributed by atoms with Gasteiger partial charge in [0.2, 0.25) is 0 Å². The average Bonchev–Trinajstić information content (AvgIpc) is 3.06. The summed E-state index contributed by atoms with van der Waals surface area (Å²) in [6.45, 7) is 4.19. The number of benzene rings is 1. The fourth-order valence-electron chi connectivity index (χ4n) is 2.56. The van der Waals surface area contributed by atoms with Gasteiger partial charge in [0.1, 0.15) is 0 Å². The summed E-state index contributed by atoms with van der Waals surface area (Å²) in [6.07, 6.45) is 0. The molecular formula is C17H17ClN2O3S. The highest BCUT2D eigenvalue weighted by atomic mass is 35.5. The first-order valence-electron chi connectivity index (χ1n) is 7.59. The van der Waals surface area contributed by atoms with Crippen molar-refractivity contribution in [1.82, 2.24) is 0 Å². The Morgan fingerprint density at radius 1 is 1.17 bits per heavy atom. The van der Waals surface area contributed by atoms with Gasteiger partial charge >= 0.3 is 0 Å². The van der Waals surface area contributed by atoms with Crippen LogP contribution in [0.3, 0.4) is 0 Å². The number of anilines is 2. The zero-order chi connectivity index (χ0) is 17.1. The summed E-state index contributed by atoms with van der Waals surface area (Å²) in [5.41, 5.74) is 1.46. The number of para-hydroxylation sites is 1. The molecule has 3 rings (SSSR count). The average molecular weight is 365 g/mol. The molecule has 1 aromatic heterocycles. The van der Waals surface area contributed by atoms with Crippen LogP contribution in [0.1, 0.15) is 26.3 Å². The number of nitrogens with zero attached hydrogens (tertiary/aromatic N) is 1. The summed E-state index contributed by atoms with van der Waals surface area (Å²) < 4.78 is 5.37. The zero-order valence-electron chi connectivity index (χ0n) is 13.2. The normalized spacial score (nSPS) is 14.5. The van der Waals surface area contributed by atoms with Gasteiger partial charge in [0.15, 0.2) is 5.78 Å². The van der Waals surface area contributed by atoms with Gasteiger partial charge in [0.05, 0.1) is 39.4 Å². The highest BCUT2D eigenvalue weighted by Crippen LogP contribution is 2.35. The van der Waals surface area contributed by atoms with Gasteiger partial charge in [-0.15, -0.1) is 11.3 Å². The summed E-state index contributed by atoms with van der Waals surface area (Å²) in [7, 11) is 0. The van der Waals surface area contributed by atoms with E-state index < -0.39 is 0 Å². The molecule has 1 saturated heterocycles. The van der Waals surface area contributed by atoms with Crippen LogP contribution >= 0.6 is 22.9 Å². The van der Waals surface area contributed by atoms with Crippen LogP contribution < -0.4 is 10.2 Å². The number of carbonyl (C=O) groups is 2. The van der Waals surface area contributed by atoms with Crippen molar-refractivity contribution in [3.05, 3.63) is 45.1 Å². The van der Waals surface area contributed by atoms with Gasteiger partial charge in [-0.3, -0.25) is 9.59 Å². The lowest BCUT2D eigenvalue weighted by molar-refractivity contribution is 0.101. The molecule has 24 heavy (non-hydrogen) atoms. The van der Waals surface area contributed by atoms with Gasteiger partial charge in [-0.1, -0.05) is 17.7 Å². The second-order valence-corrected chi connectivity index (χ2v) is 6.90. The Morgan fingerprint density at radius 3 is 2.54 bits per heavy atom. The SMILES string of the molecule is CC(=O)c1ccc(C(=O)Nc2cccc(Cl)c2N2CCOCC2)s1. The van der Waals surface area contributed by atoms with Crippen LogP contribution in [0, 0.1) is 0 Å². The van der Waals surface area contributed by atoms with Crippen LogP contribution in [0.15, 0.2) is 30.3 Å². The first-order chi connectivity index (χ1) is 11.6. The fraction of sp³-hybridized carbons (Fsp3) is 0.294. The van der Waals surface area contributed by atoms with E-state index in [0.29, 0.717) is 33.7 Å². The van der Waals surface area contributed by atoms with E-state index in [0.717, 1.165) is 18.8 Å². The number of thiophene rings is 1. The Balaban J connectivity index is 1.84. The third kappa shape index (κ3) is 3.61. The van der Waals surface area contributed by atoms with E-state index in [1.807, 2.05) is 6.07 Å². The lowest BCUT2D eigenvalue weighted by Crippen LogP contribution is -2.37. The molecule has 126 valence electrons. The number of ketones is 1. The lowest BCUT2D eigenvalue weighted by Gasteiger charge is -2.31. The standard InChI is InChI=1S/C17H17ClN2O3S/c1-11(21)14-5-6-15(24-14)17(22)19-13-4-2-3-12(18)16(13)20-7-9-23-10-8-20/h2-6H,7-10H2,1H3,(H,19,22). The van der Waals surface area contributed by atoms with Gasteiger partial charge < -0.3 is 15.0 Å². The van der Waals surface area contributed by atoms with Crippen molar-refractivity contribution in [2.45, 2.75) is 6.92 Å². The van der Waals surface area contributed by atoms with E-state index in [2.05, 4.69) is 10.2 Å². The predicted molar refractivity (Wildman–Crippen MR) is 96.8 cm³/mol. The lowest BCUT2D eigenvalue weighted by atomic mass is 10.2. The maximum absolute atomic E-state index is 12.5. The minimum absolute atomic E-state index is 0.0455. The molecule has 1 N–H and O–H groups in total. The number of hydrogen-bond acceptors (Lipinski definition) is 5. The number of rotatable bonds is 4. The smallest absolute Gasteiger partial charge is 0.265 e. The molecule has 2 heterocycles. The largest absolute Gasteiger partial charge is 0.378 e. The molecule has 1 aliphatic rings. The Kier molecular flexibility index (Phi) is 5.18. The molecule has 0 unspecified atom stereocenters. The molecule has 1 aliphatic heterocycles. The molecule has 1 aromatic carbocycles. The predicted octanol–water partition coefficient (Wildman–Crippen LogP) is 3.69.